The van der Waals surface area contributed by atoms with Gasteiger partial charge in [0.05, 0.1) is 12.3 Å². The first-order valence-electron chi connectivity index (χ1n) is 8.39. The van der Waals surface area contributed by atoms with Gasteiger partial charge in [0.2, 0.25) is 17.6 Å². The SMILES string of the molecule is O=C(CCc1nc(-c2ccccn2)no1)NC1CCCc2occc21. The van der Waals surface area contributed by atoms with E-state index in [2.05, 4.69) is 20.4 Å². The maximum absolute atomic E-state index is 12.2. The number of carbonyl (C=O) groups is 1. The second kappa shape index (κ2) is 6.88. The molecule has 0 saturated carbocycles. The Kier molecular flexibility index (Phi) is 4.28. The standard InChI is InChI=1S/C18H18N4O3/c23-16(20-13-5-3-6-15-12(13)9-11-24-15)7-8-17-21-18(22-25-17)14-4-1-2-10-19-14/h1-2,4,9-11,13H,3,5-8H2,(H,20,23). The third-order valence-corrected chi connectivity index (χ3v) is 4.32. The van der Waals surface area contributed by atoms with Crippen LogP contribution in [0.2, 0.25) is 0 Å². The number of hydrogen-bond donors (Lipinski definition) is 1. The molecule has 0 saturated heterocycles. The normalized spacial score (nSPS) is 16.4. The van der Waals surface area contributed by atoms with Crippen molar-refractivity contribution in [3.63, 3.8) is 0 Å². The van der Waals surface area contributed by atoms with Crippen LogP contribution < -0.4 is 5.32 Å². The molecule has 3 aromatic rings. The fourth-order valence-corrected chi connectivity index (χ4v) is 3.08. The summed E-state index contributed by atoms with van der Waals surface area (Å²) in [5.74, 6) is 1.82. The summed E-state index contributed by atoms with van der Waals surface area (Å²) < 4.78 is 10.7. The number of nitrogens with zero attached hydrogens (tertiary/aromatic N) is 3. The first-order valence-corrected chi connectivity index (χ1v) is 8.39. The number of aryl methyl sites for hydroxylation is 2. The van der Waals surface area contributed by atoms with Crippen LogP contribution in [0.5, 0.6) is 0 Å². The summed E-state index contributed by atoms with van der Waals surface area (Å²) in [6.45, 7) is 0. The second-order valence-corrected chi connectivity index (χ2v) is 6.04. The van der Waals surface area contributed by atoms with Crippen molar-refractivity contribution in [2.75, 3.05) is 0 Å². The largest absolute Gasteiger partial charge is 0.469 e. The molecule has 1 unspecified atom stereocenters. The molecule has 1 amide bonds. The molecular formula is C18H18N4O3. The van der Waals surface area contributed by atoms with E-state index in [1.54, 1.807) is 12.5 Å². The van der Waals surface area contributed by atoms with E-state index in [1.807, 2.05) is 24.3 Å². The van der Waals surface area contributed by atoms with Crippen LogP contribution in [0.3, 0.4) is 0 Å². The molecule has 25 heavy (non-hydrogen) atoms. The van der Waals surface area contributed by atoms with Gasteiger partial charge >= 0.3 is 0 Å². The van der Waals surface area contributed by atoms with Crippen LogP contribution in [-0.2, 0) is 17.6 Å². The van der Waals surface area contributed by atoms with E-state index < -0.39 is 0 Å². The number of aromatic nitrogens is 3. The van der Waals surface area contributed by atoms with Crippen molar-refractivity contribution in [1.82, 2.24) is 20.4 Å². The molecule has 3 heterocycles. The average Bonchev–Trinajstić information content (AvgIpc) is 3.31. The summed E-state index contributed by atoms with van der Waals surface area (Å²) in [7, 11) is 0. The minimum absolute atomic E-state index is 0.0294. The van der Waals surface area contributed by atoms with E-state index in [-0.39, 0.29) is 11.9 Å². The number of pyridine rings is 1. The number of rotatable bonds is 5. The molecule has 1 N–H and O–H groups in total. The maximum atomic E-state index is 12.2. The molecule has 1 aliphatic carbocycles. The molecule has 3 aromatic heterocycles. The van der Waals surface area contributed by atoms with E-state index in [4.69, 9.17) is 8.94 Å². The van der Waals surface area contributed by atoms with Crippen molar-refractivity contribution in [2.24, 2.45) is 0 Å². The van der Waals surface area contributed by atoms with Crippen molar-refractivity contribution in [3.05, 3.63) is 53.9 Å². The Morgan fingerprint density at radius 2 is 2.28 bits per heavy atom. The first-order chi connectivity index (χ1) is 12.3. The minimum atomic E-state index is -0.0309. The van der Waals surface area contributed by atoms with Crippen LogP contribution in [0, 0.1) is 0 Å². The van der Waals surface area contributed by atoms with Gasteiger partial charge in [-0.2, -0.15) is 4.98 Å². The lowest BCUT2D eigenvalue weighted by atomic mass is 9.93. The number of nitrogens with one attached hydrogen (secondary N) is 1. The predicted molar refractivity (Wildman–Crippen MR) is 88.4 cm³/mol. The lowest BCUT2D eigenvalue weighted by Gasteiger charge is -2.22. The summed E-state index contributed by atoms with van der Waals surface area (Å²) in [5, 5.41) is 6.98. The molecular weight excluding hydrogens is 320 g/mol. The number of amides is 1. The molecule has 0 aromatic carbocycles. The van der Waals surface area contributed by atoms with Gasteiger partial charge in [-0.25, -0.2) is 0 Å². The fourth-order valence-electron chi connectivity index (χ4n) is 3.08. The maximum Gasteiger partial charge on any atom is 0.227 e. The molecule has 4 rings (SSSR count). The second-order valence-electron chi connectivity index (χ2n) is 6.04. The van der Waals surface area contributed by atoms with Crippen molar-refractivity contribution >= 4 is 5.91 Å². The highest BCUT2D eigenvalue weighted by Crippen LogP contribution is 2.30. The highest BCUT2D eigenvalue weighted by atomic mass is 16.5. The third kappa shape index (κ3) is 3.45. The van der Waals surface area contributed by atoms with Gasteiger partial charge in [-0.05, 0) is 31.0 Å². The van der Waals surface area contributed by atoms with Gasteiger partial charge in [0.1, 0.15) is 11.5 Å². The zero-order valence-corrected chi connectivity index (χ0v) is 13.6. The molecule has 7 nitrogen and oxygen atoms in total. The van der Waals surface area contributed by atoms with E-state index in [1.165, 1.54) is 0 Å². The van der Waals surface area contributed by atoms with Crippen molar-refractivity contribution in [3.8, 4) is 11.5 Å². The van der Waals surface area contributed by atoms with Crippen LogP contribution >= 0.6 is 0 Å². The smallest absolute Gasteiger partial charge is 0.227 e. The molecule has 7 heteroatoms. The minimum Gasteiger partial charge on any atom is -0.469 e. The quantitative estimate of drug-likeness (QED) is 0.769. The number of carbonyl (C=O) groups excluding carboxylic acids is 1. The van der Waals surface area contributed by atoms with E-state index in [0.717, 1.165) is 30.6 Å². The molecule has 1 aliphatic rings. The summed E-state index contributed by atoms with van der Waals surface area (Å²) in [4.78, 5) is 20.7. The van der Waals surface area contributed by atoms with Gasteiger partial charge in [-0.1, -0.05) is 11.2 Å². The highest BCUT2D eigenvalue weighted by molar-refractivity contribution is 5.76. The van der Waals surface area contributed by atoms with Gasteiger partial charge in [-0.3, -0.25) is 9.78 Å². The van der Waals surface area contributed by atoms with Crippen LogP contribution in [0.25, 0.3) is 11.5 Å². The monoisotopic (exact) mass is 338 g/mol. The van der Waals surface area contributed by atoms with E-state index in [9.17, 15) is 4.79 Å². The zero-order valence-electron chi connectivity index (χ0n) is 13.6. The predicted octanol–water partition coefficient (Wildman–Crippen LogP) is 2.85. The molecule has 0 fully saturated rings. The Morgan fingerprint density at radius 1 is 1.32 bits per heavy atom. The highest BCUT2D eigenvalue weighted by Gasteiger charge is 2.24. The van der Waals surface area contributed by atoms with Gasteiger partial charge in [0, 0.05) is 31.0 Å². The van der Waals surface area contributed by atoms with Crippen LogP contribution in [-0.4, -0.2) is 21.0 Å². The summed E-state index contributed by atoms with van der Waals surface area (Å²) in [6, 6.07) is 7.47. The van der Waals surface area contributed by atoms with Gasteiger partial charge < -0.3 is 14.3 Å². The van der Waals surface area contributed by atoms with Crippen LogP contribution in [0.15, 0.2) is 45.7 Å². The van der Waals surface area contributed by atoms with Crippen molar-refractivity contribution in [2.45, 2.75) is 38.1 Å². The lowest BCUT2D eigenvalue weighted by Crippen LogP contribution is -2.30. The van der Waals surface area contributed by atoms with Gasteiger partial charge in [0.15, 0.2) is 0 Å². The topological polar surface area (TPSA) is 94.0 Å². The average molecular weight is 338 g/mol. The first kappa shape index (κ1) is 15.6. The van der Waals surface area contributed by atoms with Crippen molar-refractivity contribution in [1.29, 1.82) is 0 Å². The van der Waals surface area contributed by atoms with Crippen LogP contribution in [0.4, 0.5) is 0 Å². The van der Waals surface area contributed by atoms with Crippen molar-refractivity contribution < 1.29 is 13.7 Å². The molecule has 0 bridgehead atoms. The fraction of sp³-hybridized carbons (Fsp3) is 0.333. The van der Waals surface area contributed by atoms with Crippen LogP contribution in [0.1, 0.15) is 42.5 Å². The van der Waals surface area contributed by atoms with Gasteiger partial charge in [-0.15, -0.1) is 0 Å². The van der Waals surface area contributed by atoms with Gasteiger partial charge in [0.25, 0.3) is 0 Å². The Morgan fingerprint density at radius 3 is 3.16 bits per heavy atom. The number of hydrogen-bond acceptors (Lipinski definition) is 6. The Labute approximate surface area is 144 Å². The number of furan rings is 1. The molecule has 1 atom stereocenters. The van der Waals surface area contributed by atoms with E-state index in [0.29, 0.717) is 30.3 Å². The number of fused-ring (bicyclic) bond motifs is 1. The molecule has 0 aliphatic heterocycles. The Balaban J connectivity index is 1.33. The summed E-state index contributed by atoms with van der Waals surface area (Å²) >= 11 is 0. The zero-order chi connectivity index (χ0) is 17.1. The Hall–Kier alpha value is -2.96. The molecule has 0 spiro atoms. The summed E-state index contributed by atoms with van der Waals surface area (Å²) in [6.07, 6.45) is 6.95. The third-order valence-electron chi connectivity index (χ3n) is 4.32. The Bertz CT molecular complexity index is 856. The summed E-state index contributed by atoms with van der Waals surface area (Å²) in [5.41, 5.74) is 1.74. The molecule has 0 radical (unpaired) electrons. The lowest BCUT2D eigenvalue weighted by molar-refractivity contribution is -0.122. The van der Waals surface area contributed by atoms with E-state index >= 15 is 0 Å². The molecule has 128 valence electrons.